The van der Waals surface area contributed by atoms with E-state index in [-0.39, 0.29) is 12.7 Å². The van der Waals surface area contributed by atoms with Gasteiger partial charge in [-0.1, -0.05) is 12.1 Å². The number of fused-ring (bicyclic) bond motifs is 2. The maximum atomic E-state index is 12.9. The highest BCUT2D eigenvalue weighted by molar-refractivity contribution is 6.35. The number of anilines is 2. The van der Waals surface area contributed by atoms with Gasteiger partial charge >= 0.3 is 0 Å². The molecule has 3 aliphatic heterocycles. The molecule has 1 saturated heterocycles. The van der Waals surface area contributed by atoms with Crippen molar-refractivity contribution in [3.8, 4) is 11.5 Å². The van der Waals surface area contributed by atoms with Gasteiger partial charge in [0.25, 0.3) is 11.8 Å². The second kappa shape index (κ2) is 5.32. The predicted molar refractivity (Wildman–Crippen MR) is 91.7 cm³/mol. The zero-order chi connectivity index (χ0) is 17.8. The highest BCUT2D eigenvalue weighted by Gasteiger charge is 2.40. The Hall–Kier alpha value is -3.35. The van der Waals surface area contributed by atoms with Crippen molar-refractivity contribution >= 4 is 29.1 Å². The fraction of sp³-hybridized carbons (Fsp3) is 0.211. The molecule has 3 amide bonds. The average Bonchev–Trinajstić information content (AvgIpc) is 3.34. The second-order valence-corrected chi connectivity index (χ2v) is 6.33. The zero-order valence-electron chi connectivity index (χ0n) is 13.7. The second-order valence-electron chi connectivity index (χ2n) is 6.33. The molecule has 2 aromatic rings. The highest BCUT2D eigenvalue weighted by atomic mass is 16.7. The Bertz CT molecular complexity index is 949. The first-order valence-electron chi connectivity index (χ1n) is 8.37. The first-order chi connectivity index (χ1) is 12.6. The number of hydrogen-bond donors (Lipinski definition) is 0. The number of imide groups is 1. The van der Waals surface area contributed by atoms with Crippen LogP contribution >= 0.6 is 0 Å². The molecule has 0 bridgehead atoms. The molecule has 0 saturated carbocycles. The summed E-state index contributed by atoms with van der Waals surface area (Å²) in [5.41, 5.74) is 1.55. The summed E-state index contributed by atoms with van der Waals surface area (Å²) in [4.78, 5) is 40.8. The number of carbonyl (C=O) groups excluding carboxylic acids is 3. The third-order valence-electron chi connectivity index (χ3n) is 4.87. The van der Waals surface area contributed by atoms with Crippen molar-refractivity contribution < 1.29 is 23.9 Å². The molecule has 0 aliphatic carbocycles. The van der Waals surface area contributed by atoms with Crippen LogP contribution in [-0.2, 0) is 4.79 Å². The standard InChI is InChI=1S/C19H14N2O5/c22-17-6-3-7-20(17)13-8-15-16(26-10-25-15)9-14(13)21-18(23)11-4-1-2-5-12(11)19(21)24/h1-2,4-5,8-9H,3,6-7,10H2. The SMILES string of the molecule is O=C1CCCN1c1cc2c(cc1N1C(=O)c3ccccc3C1=O)OCO2. The minimum Gasteiger partial charge on any atom is -0.454 e. The van der Waals surface area contributed by atoms with Crippen molar-refractivity contribution in [3.05, 3.63) is 47.5 Å². The molecule has 130 valence electrons. The molecule has 26 heavy (non-hydrogen) atoms. The van der Waals surface area contributed by atoms with Gasteiger partial charge in [0.2, 0.25) is 12.7 Å². The first kappa shape index (κ1) is 14.9. The summed E-state index contributed by atoms with van der Waals surface area (Å²) in [6.45, 7) is 0.600. The smallest absolute Gasteiger partial charge is 0.266 e. The molecule has 2 aromatic carbocycles. The van der Waals surface area contributed by atoms with E-state index in [0.29, 0.717) is 47.0 Å². The molecule has 1 fully saturated rings. The number of benzene rings is 2. The summed E-state index contributed by atoms with van der Waals surface area (Å²) in [5.74, 6) is 0.100. The van der Waals surface area contributed by atoms with Crippen molar-refractivity contribution in [2.45, 2.75) is 12.8 Å². The summed E-state index contributed by atoms with van der Waals surface area (Å²) < 4.78 is 10.8. The van der Waals surface area contributed by atoms with Gasteiger partial charge < -0.3 is 14.4 Å². The van der Waals surface area contributed by atoms with Gasteiger partial charge in [-0.2, -0.15) is 0 Å². The summed E-state index contributed by atoms with van der Waals surface area (Å²) in [6.07, 6.45) is 1.17. The molecular formula is C19H14N2O5. The minimum atomic E-state index is -0.405. The van der Waals surface area contributed by atoms with Crippen molar-refractivity contribution in [1.82, 2.24) is 0 Å². The molecule has 0 radical (unpaired) electrons. The Balaban J connectivity index is 1.69. The van der Waals surface area contributed by atoms with Crippen LogP contribution in [0.2, 0.25) is 0 Å². The Morgan fingerprint density at radius 2 is 1.46 bits per heavy atom. The van der Waals surface area contributed by atoms with Gasteiger partial charge in [0.15, 0.2) is 11.5 Å². The summed E-state index contributed by atoms with van der Waals surface area (Å²) >= 11 is 0. The molecule has 0 atom stereocenters. The van der Waals surface area contributed by atoms with E-state index in [9.17, 15) is 14.4 Å². The van der Waals surface area contributed by atoms with Crippen LogP contribution < -0.4 is 19.3 Å². The lowest BCUT2D eigenvalue weighted by Gasteiger charge is -2.24. The largest absolute Gasteiger partial charge is 0.454 e. The maximum Gasteiger partial charge on any atom is 0.266 e. The van der Waals surface area contributed by atoms with E-state index in [0.717, 1.165) is 11.3 Å². The van der Waals surface area contributed by atoms with E-state index < -0.39 is 11.8 Å². The van der Waals surface area contributed by atoms with Crippen LogP contribution in [0.1, 0.15) is 33.6 Å². The third-order valence-corrected chi connectivity index (χ3v) is 4.87. The molecular weight excluding hydrogens is 336 g/mol. The lowest BCUT2D eigenvalue weighted by Crippen LogP contribution is -2.33. The molecule has 3 heterocycles. The Labute approximate surface area is 148 Å². The molecule has 3 aliphatic rings. The van der Waals surface area contributed by atoms with E-state index in [2.05, 4.69) is 0 Å². The molecule has 0 aromatic heterocycles. The van der Waals surface area contributed by atoms with Crippen LogP contribution in [0, 0.1) is 0 Å². The van der Waals surface area contributed by atoms with E-state index in [4.69, 9.17) is 9.47 Å². The molecule has 0 N–H and O–H groups in total. The lowest BCUT2D eigenvalue weighted by atomic mass is 10.1. The third kappa shape index (κ3) is 1.97. The molecule has 7 heteroatoms. The highest BCUT2D eigenvalue weighted by Crippen LogP contribution is 2.45. The van der Waals surface area contributed by atoms with Gasteiger partial charge in [-0.15, -0.1) is 0 Å². The number of amides is 3. The minimum absolute atomic E-state index is 0.0401. The van der Waals surface area contributed by atoms with E-state index in [1.165, 1.54) is 0 Å². The molecule has 0 spiro atoms. The van der Waals surface area contributed by atoms with Crippen LogP contribution in [0.15, 0.2) is 36.4 Å². The van der Waals surface area contributed by atoms with Gasteiger partial charge in [-0.25, -0.2) is 4.90 Å². The molecule has 0 unspecified atom stereocenters. The van der Waals surface area contributed by atoms with E-state index >= 15 is 0 Å². The van der Waals surface area contributed by atoms with Gasteiger partial charge in [0, 0.05) is 25.1 Å². The Morgan fingerprint density at radius 1 is 0.846 bits per heavy atom. The number of hydrogen-bond acceptors (Lipinski definition) is 5. The zero-order valence-corrected chi connectivity index (χ0v) is 13.7. The number of carbonyl (C=O) groups is 3. The quantitative estimate of drug-likeness (QED) is 0.777. The number of nitrogens with zero attached hydrogens (tertiary/aromatic N) is 2. The number of ether oxygens (including phenoxy) is 2. The van der Waals surface area contributed by atoms with Gasteiger partial charge in [-0.05, 0) is 18.6 Å². The van der Waals surface area contributed by atoms with E-state index in [1.54, 1.807) is 41.3 Å². The van der Waals surface area contributed by atoms with Crippen LogP contribution in [0.25, 0.3) is 0 Å². The van der Waals surface area contributed by atoms with Crippen LogP contribution in [0.3, 0.4) is 0 Å². The summed E-state index contributed by atoms with van der Waals surface area (Å²) in [7, 11) is 0. The predicted octanol–water partition coefficient (Wildman–Crippen LogP) is 2.34. The van der Waals surface area contributed by atoms with Gasteiger partial charge in [-0.3, -0.25) is 14.4 Å². The van der Waals surface area contributed by atoms with Gasteiger partial charge in [0.05, 0.1) is 22.5 Å². The molecule has 7 nitrogen and oxygen atoms in total. The van der Waals surface area contributed by atoms with Crippen LogP contribution in [-0.4, -0.2) is 31.1 Å². The molecule has 5 rings (SSSR count). The van der Waals surface area contributed by atoms with Crippen molar-refractivity contribution in [3.63, 3.8) is 0 Å². The van der Waals surface area contributed by atoms with E-state index in [1.807, 2.05) is 0 Å². The van der Waals surface area contributed by atoms with Gasteiger partial charge in [0.1, 0.15) is 0 Å². The topological polar surface area (TPSA) is 76.2 Å². The first-order valence-corrected chi connectivity index (χ1v) is 8.37. The maximum absolute atomic E-state index is 12.9. The summed E-state index contributed by atoms with van der Waals surface area (Å²) in [6, 6.07) is 9.97. The fourth-order valence-corrected chi connectivity index (χ4v) is 3.63. The Morgan fingerprint density at radius 3 is 2.04 bits per heavy atom. The normalized spacial score (nSPS) is 18.1. The van der Waals surface area contributed by atoms with Crippen molar-refractivity contribution in [2.75, 3.05) is 23.1 Å². The Kier molecular flexibility index (Phi) is 3.06. The van der Waals surface area contributed by atoms with Crippen molar-refractivity contribution in [1.29, 1.82) is 0 Å². The lowest BCUT2D eigenvalue weighted by molar-refractivity contribution is -0.117. The fourth-order valence-electron chi connectivity index (χ4n) is 3.63. The van der Waals surface area contributed by atoms with Crippen molar-refractivity contribution in [2.24, 2.45) is 0 Å². The van der Waals surface area contributed by atoms with Crippen LogP contribution in [0.4, 0.5) is 11.4 Å². The monoisotopic (exact) mass is 350 g/mol. The number of rotatable bonds is 2. The summed E-state index contributed by atoms with van der Waals surface area (Å²) in [5, 5.41) is 0. The average molecular weight is 350 g/mol. The van der Waals surface area contributed by atoms with Crippen LogP contribution in [0.5, 0.6) is 11.5 Å².